The van der Waals surface area contributed by atoms with Crippen molar-refractivity contribution < 1.29 is 5.11 Å². The average Bonchev–Trinajstić information content (AvgIpc) is 2.61. The number of hydrogen-bond donors (Lipinski definition) is 4. The molecule has 0 atom stereocenters. The zero-order valence-electron chi connectivity index (χ0n) is 11.7. The third kappa shape index (κ3) is 4.29. The molecule has 20 heavy (non-hydrogen) atoms. The zero-order chi connectivity index (χ0) is 15.3. The van der Waals surface area contributed by atoms with Crippen molar-refractivity contribution in [2.75, 3.05) is 6.61 Å². The molecule has 0 amide bonds. The summed E-state index contributed by atoms with van der Waals surface area (Å²) >= 11 is 6.82. The standard InChI is InChI=1S/C13H20N4OS2/c1-8(2)16-6-10(12(14)15)7-17-9(3)11(4-5-18)20-13(17)19/h6,16,18H,1,4-5,7H2,2-3H3,(H3,14,15). The molecular weight excluding hydrogens is 292 g/mol. The monoisotopic (exact) mass is 312 g/mol. The molecule has 5 N–H and O–H groups in total. The predicted molar refractivity (Wildman–Crippen MR) is 86.6 cm³/mol. The molecule has 0 aliphatic heterocycles. The fourth-order valence-corrected chi connectivity index (χ4v) is 3.10. The minimum atomic E-state index is -0.00467. The van der Waals surface area contributed by atoms with Crippen molar-refractivity contribution in [2.24, 2.45) is 5.73 Å². The molecule has 1 aromatic heterocycles. The van der Waals surface area contributed by atoms with E-state index in [2.05, 4.69) is 11.9 Å². The molecule has 0 bridgehead atoms. The van der Waals surface area contributed by atoms with Crippen LogP contribution in [0.25, 0.3) is 0 Å². The first-order valence-corrected chi connectivity index (χ1v) is 7.34. The number of allylic oxidation sites excluding steroid dienone is 1. The van der Waals surface area contributed by atoms with Gasteiger partial charge in [-0.15, -0.1) is 11.3 Å². The van der Waals surface area contributed by atoms with Gasteiger partial charge in [-0.25, -0.2) is 0 Å². The lowest BCUT2D eigenvalue weighted by Crippen LogP contribution is -2.20. The lowest BCUT2D eigenvalue weighted by Gasteiger charge is -2.10. The molecule has 0 aliphatic rings. The van der Waals surface area contributed by atoms with Gasteiger partial charge in [0.15, 0.2) is 3.95 Å². The molecule has 0 saturated heterocycles. The van der Waals surface area contributed by atoms with Gasteiger partial charge >= 0.3 is 0 Å². The number of hydrogen-bond acceptors (Lipinski definition) is 5. The van der Waals surface area contributed by atoms with Gasteiger partial charge in [0, 0.05) is 41.1 Å². The number of thiazole rings is 1. The second-order valence-electron chi connectivity index (χ2n) is 4.44. The van der Waals surface area contributed by atoms with Crippen molar-refractivity contribution in [1.29, 1.82) is 5.41 Å². The highest BCUT2D eigenvalue weighted by Gasteiger charge is 2.11. The minimum Gasteiger partial charge on any atom is -0.396 e. The van der Waals surface area contributed by atoms with E-state index in [1.165, 1.54) is 11.3 Å². The van der Waals surface area contributed by atoms with Crippen LogP contribution in [0, 0.1) is 16.3 Å². The molecule has 1 aromatic rings. The van der Waals surface area contributed by atoms with Crippen LogP contribution in [0.1, 0.15) is 17.5 Å². The normalized spacial score (nSPS) is 11.4. The second kappa shape index (κ2) is 7.37. The van der Waals surface area contributed by atoms with Crippen LogP contribution in [0.5, 0.6) is 0 Å². The van der Waals surface area contributed by atoms with E-state index < -0.39 is 0 Å². The molecule has 0 unspecified atom stereocenters. The first kappa shape index (κ1) is 16.6. The number of aliphatic hydroxyl groups is 1. The van der Waals surface area contributed by atoms with Gasteiger partial charge in [-0.1, -0.05) is 6.58 Å². The summed E-state index contributed by atoms with van der Waals surface area (Å²) in [5.74, 6) is -0.00467. The Labute approximate surface area is 127 Å². The highest BCUT2D eigenvalue weighted by molar-refractivity contribution is 7.73. The highest BCUT2D eigenvalue weighted by Crippen LogP contribution is 2.20. The van der Waals surface area contributed by atoms with E-state index >= 15 is 0 Å². The Kier molecular flexibility index (Phi) is 6.12. The second-order valence-corrected chi connectivity index (χ2v) is 6.17. The van der Waals surface area contributed by atoms with Crippen LogP contribution in [0.15, 0.2) is 24.0 Å². The van der Waals surface area contributed by atoms with Crippen LogP contribution >= 0.6 is 23.6 Å². The van der Waals surface area contributed by atoms with Gasteiger partial charge in [-0.05, 0) is 26.1 Å². The van der Waals surface area contributed by atoms with E-state index in [1.54, 1.807) is 6.20 Å². The molecule has 5 nitrogen and oxygen atoms in total. The van der Waals surface area contributed by atoms with Gasteiger partial charge in [-0.2, -0.15) is 0 Å². The molecule has 0 aliphatic carbocycles. The number of amidine groups is 1. The fraction of sp³-hybridized carbons (Fsp3) is 0.385. The molecule has 0 fully saturated rings. The van der Waals surface area contributed by atoms with Gasteiger partial charge < -0.3 is 20.7 Å². The molecule has 0 radical (unpaired) electrons. The maximum absolute atomic E-state index is 9.04. The van der Waals surface area contributed by atoms with Crippen LogP contribution in [-0.4, -0.2) is 22.1 Å². The van der Waals surface area contributed by atoms with Crippen molar-refractivity contribution in [2.45, 2.75) is 26.8 Å². The van der Waals surface area contributed by atoms with E-state index in [1.807, 2.05) is 18.4 Å². The number of aliphatic hydroxyl groups excluding tert-OH is 1. The van der Waals surface area contributed by atoms with Crippen LogP contribution in [0.3, 0.4) is 0 Å². The first-order valence-electron chi connectivity index (χ1n) is 6.12. The quantitative estimate of drug-likeness (QED) is 0.353. The molecule has 0 spiro atoms. The van der Waals surface area contributed by atoms with Crippen molar-refractivity contribution in [3.8, 4) is 0 Å². The van der Waals surface area contributed by atoms with E-state index in [0.717, 1.165) is 16.3 Å². The van der Waals surface area contributed by atoms with Crippen molar-refractivity contribution >= 4 is 29.4 Å². The van der Waals surface area contributed by atoms with Crippen molar-refractivity contribution in [1.82, 2.24) is 9.88 Å². The lowest BCUT2D eigenvalue weighted by molar-refractivity contribution is 0.300. The van der Waals surface area contributed by atoms with Gasteiger partial charge in [-0.3, -0.25) is 5.41 Å². The summed E-state index contributed by atoms with van der Waals surface area (Å²) < 4.78 is 2.65. The zero-order valence-corrected chi connectivity index (χ0v) is 13.3. The number of nitrogens with zero attached hydrogens (tertiary/aromatic N) is 1. The lowest BCUT2D eigenvalue weighted by atomic mass is 10.2. The molecule has 1 heterocycles. The van der Waals surface area contributed by atoms with E-state index in [-0.39, 0.29) is 12.4 Å². The van der Waals surface area contributed by atoms with Gasteiger partial charge in [0.05, 0.1) is 6.54 Å². The molecular formula is C13H20N4OS2. The molecule has 0 aromatic carbocycles. The van der Waals surface area contributed by atoms with Crippen molar-refractivity contribution in [3.63, 3.8) is 0 Å². The number of nitrogens with two attached hydrogens (primary N) is 1. The third-order valence-electron chi connectivity index (χ3n) is 2.75. The summed E-state index contributed by atoms with van der Waals surface area (Å²) in [6.07, 6.45) is 2.27. The maximum atomic E-state index is 9.04. The highest BCUT2D eigenvalue weighted by atomic mass is 32.1. The third-order valence-corrected chi connectivity index (χ3v) is 4.36. The average molecular weight is 312 g/mol. The molecule has 1 rings (SSSR count). The Morgan fingerprint density at radius 3 is 2.80 bits per heavy atom. The SMILES string of the molecule is C=C(C)NC=C(Cn1c(C)c(CCO)sc1=S)C(=N)N. The molecule has 110 valence electrons. The maximum Gasteiger partial charge on any atom is 0.161 e. The summed E-state index contributed by atoms with van der Waals surface area (Å²) in [7, 11) is 0. The Balaban J connectivity index is 3.06. The Hall–Kier alpha value is -1.44. The van der Waals surface area contributed by atoms with Crippen LogP contribution in [-0.2, 0) is 13.0 Å². The van der Waals surface area contributed by atoms with E-state index in [4.69, 9.17) is 28.5 Å². The topological polar surface area (TPSA) is 87.1 Å². The van der Waals surface area contributed by atoms with Gasteiger partial charge in [0.2, 0.25) is 0 Å². The molecule has 7 heteroatoms. The van der Waals surface area contributed by atoms with Crippen molar-refractivity contribution in [3.05, 3.63) is 38.6 Å². The van der Waals surface area contributed by atoms with Gasteiger partial charge in [0.1, 0.15) is 5.84 Å². The Morgan fingerprint density at radius 1 is 1.65 bits per heavy atom. The predicted octanol–water partition coefficient (Wildman–Crippen LogP) is 2.07. The van der Waals surface area contributed by atoms with E-state index in [0.29, 0.717) is 22.5 Å². The summed E-state index contributed by atoms with van der Waals surface area (Å²) in [6.45, 7) is 8.06. The Bertz CT molecular complexity index is 598. The summed E-state index contributed by atoms with van der Waals surface area (Å²) in [4.78, 5) is 1.06. The number of nitrogens with one attached hydrogen (secondary N) is 2. The minimum absolute atomic E-state index is 0.00467. The fourth-order valence-electron chi connectivity index (χ4n) is 1.63. The van der Waals surface area contributed by atoms with Crippen LogP contribution in [0.4, 0.5) is 0 Å². The van der Waals surface area contributed by atoms with Gasteiger partial charge in [0.25, 0.3) is 0 Å². The Morgan fingerprint density at radius 2 is 2.30 bits per heavy atom. The van der Waals surface area contributed by atoms with E-state index in [9.17, 15) is 0 Å². The molecule has 0 saturated carbocycles. The summed E-state index contributed by atoms with van der Waals surface area (Å²) in [6, 6.07) is 0. The smallest absolute Gasteiger partial charge is 0.161 e. The first-order chi connectivity index (χ1) is 9.36. The largest absolute Gasteiger partial charge is 0.396 e. The van der Waals surface area contributed by atoms with Crippen LogP contribution in [0.2, 0.25) is 0 Å². The summed E-state index contributed by atoms with van der Waals surface area (Å²) in [5, 5.41) is 19.6. The summed E-state index contributed by atoms with van der Waals surface area (Å²) in [5.41, 5.74) is 8.02. The van der Waals surface area contributed by atoms with Crippen LogP contribution < -0.4 is 11.1 Å². The number of rotatable bonds is 7. The number of aromatic nitrogens is 1.